The van der Waals surface area contributed by atoms with Crippen molar-refractivity contribution >= 4 is 17.5 Å². The van der Waals surface area contributed by atoms with Crippen LogP contribution in [0.2, 0.25) is 0 Å². The first-order valence-electron chi connectivity index (χ1n) is 11.9. The number of nitrogens with one attached hydrogen (secondary N) is 1. The molecule has 1 fully saturated rings. The Morgan fingerprint density at radius 1 is 1.12 bits per heavy atom. The highest BCUT2D eigenvalue weighted by Gasteiger charge is 2.47. The normalized spacial score (nSPS) is 22.5. The maximum Gasteiger partial charge on any atom is 0.245 e. The Morgan fingerprint density at radius 2 is 1.94 bits per heavy atom. The maximum absolute atomic E-state index is 13.9. The van der Waals surface area contributed by atoms with Crippen LogP contribution in [0.1, 0.15) is 50.2 Å². The van der Waals surface area contributed by atoms with Crippen LogP contribution in [0.25, 0.3) is 0 Å². The molecule has 1 aromatic carbocycles. The molecule has 7 nitrogen and oxygen atoms in total. The summed E-state index contributed by atoms with van der Waals surface area (Å²) in [5, 5.41) is 3.20. The molecule has 3 heterocycles. The third-order valence-electron chi connectivity index (χ3n) is 7.01. The quantitative estimate of drug-likeness (QED) is 0.754. The molecule has 7 heteroatoms. The number of fused-ring (bicyclic) bond motifs is 1. The number of ether oxygens (including phenoxy) is 1. The molecule has 0 bridgehead atoms. The van der Waals surface area contributed by atoms with Gasteiger partial charge in [0.2, 0.25) is 11.8 Å². The van der Waals surface area contributed by atoms with Gasteiger partial charge < -0.3 is 15.0 Å². The fourth-order valence-electron chi connectivity index (χ4n) is 5.05. The van der Waals surface area contributed by atoms with E-state index in [2.05, 4.69) is 22.1 Å². The molecule has 0 unspecified atom stereocenters. The number of amides is 2. The number of likely N-dealkylation sites (tertiary alicyclic amines) is 1. The van der Waals surface area contributed by atoms with Gasteiger partial charge in [-0.2, -0.15) is 0 Å². The van der Waals surface area contributed by atoms with Gasteiger partial charge in [0.05, 0.1) is 12.2 Å². The summed E-state index contributed by atoms with van der Waals surface area (Å²) in [7, 11) is 0. The number of aromatic nitrogens is 1. The van der Waals surface area contributed by atoms with Crippen LogP contribution in [-0.4, -0.2) is 58.4 Å². The molecule has 4 rings (SSSR count). The number of carbonyl (C=O) groups excluding carboxylic acids is 2. The molecule has 0 saturated carbocycles. The van der Waals surface area contributed by atoms with E-state index in [1.165, 1.54) is 5.56 Å². The summed E-state index contributed by atoms with van der Waals surface area (Å²) < 4.78 is 5.99. The zero-order chi connectivity index (χ0) is 23.3. The molecule has 1 spiro atoms. The minimum Gasteiger partial charge on any atom is -0.490 e. The Balaban J connectivity index is 1.64. The number of pyridine rings is 1. The van der Waals surface area contributed by atoms with Crippen molar-refractivity contribution in [2.24, 2.45) is 0 Å². The zero-order valence-corrected chi connectivity index (χ0v) is 19.7. The van der Waals surface area contributed by atoms with E-state index in [9.17, 15) is 9.59 Å². The summed E-state index contributed by atoms with van der Waals surface area (Å²) in [6.07, 6.45) is 8.01. The summed E-state index contributed by atoms with van der Waals surface area (Å²) in [6, 6.07) is 9.60. The Hall–Kier alpha value is -2.93. The Bertz CT molecular complexity index is 995. The van der Waals surface area contributed by atoms with E-state index in [0.29, 0.717) is 31.1 Å². The lowest BCUT2D eigenvalue weighted by molar-refractivity contribution is -0.130. The van der Waals surface area contributed by atoms with Crippen LogP contribution in [-0.2, 0) is 16.1 Å². The molecule has 176 valence electrons. The van der Waals surface area contributed by atoms with Crippen LogP contribution < -0.4 is 10.1 Å². The molecule has 2 amide bonds. The van der Waals surface area contributed by atoms with E-state index >= 15 is 0 Å². The van der Waals surface area contributed by atoms with E-state index in [-0.39, 0.29) is 11.8 Å². The van der Waals surface area contributed by atoms with Crippen molar-refractivity contribution in [2.45, 2.75) is 58.0 Å². The third-order valence-corrected chi connectivity index (χ3v) is 7.01. The Kier molecular flexibility index (Phi) is 7.28. The molecule has 2 aliphatic heterocycles. The number of anilines is 1. The van der Waals surface area contributed by atoms with Gasteiger partial charge in [-0.15, -0.1) is 0 Å². The standard InChI is InChI=1S/C26H34N4O3/c1-20-18-27-13-10-22(20)19-30-15-7-12-26(30)11-5-6-14-29(21(2)31)16-17-33-24-9-4-3-8-23(24)28-25(26)32/h3-4,8-10,13,18H,5-7,11-12,14-17,19H2,1-2H3,(H,28,32)/t26-/m1/s1. The minimum atomic E-state index is -0.585. The van der Waals surface area contributed by atoms with Crippen molar-refractivity contribution in [3.8, 4) is 5.75 Å². The van der Waals surface area contributed by atoms with Crippen LogP contribution >= 0.6 is 0 Å². The summed E-state index contributed by atoms with van der Waals surface area (Å²) in [4.78, 5) is 34.4. The van der Waals surface area contributed by atoms with E-state index in [0.717, 1.165) is 50.8 Å². The van der Waals surface area contributed by atoms with Gasteiger partial charge in [-0.3, -0.25) is 19.5 Å². The monoisotopic (exact) mass is 450 g/mol. The number of hydrogen-bond acceptors (Lipinski definition) is 5. The molecule has 1 atom stereocenters. The molecule has 2 aliphatic rings. The first kappa shape index (κ1) is 23.2. The molecular formula is C26H34N4O3. The van der Waals surface area contributed by atoms with Crippen molar-refractivity contribution < 1.29 is 14.3 Å². The number of carbonyl (C=O) groups is 2. The minimum absolute atomic E-state index is 0.0328. The molecule has 0 radical (unpaired) electrons. The fraction of sp³-hybridized carbons (Fsp3) is 0.500. The predicted molar refractivity (Wildman–Crippen MR) is 128 cm³/mol. The Labute approximate surface area is 196 Å². The highest BCUT2D eigenvalue weighted by Crippen LogP contribution is 2.38. The second-order valence-corrected chi connectivity index (χ2v) is 9.12. The predicted octanol–water partition coefficient (Wildman–Crippen LogP) is 3.77. The van der Waals surface area contributed by atoms with Gasteiger partial charge in [0.15, 0.2) is 0 Å². The summed E-state index contributed by atoms with van der Waals surface area (Å²) >= 11 is 0. The number of nitrogens with zero attached hydrogens (tertiary/aromatic N) is 3. The van der Waals surface area contributed by atoms with Crippen molar-refractivity contribution in [1.82, 2.24) is 14.8 Å². The second kappa shape index (κ2) is 10.3. The SMILES string of the molecule is CC(=O)N1CCCC[C@@]2(CCCN2Cc2ccncc2C)C(=O)Nc2ccccc2OCC1. The van der Waals surface area contributed by atoms with Gasteiger partial charge in [0.1, 0.15) is 17.9 Å². The molecule has 1 aromatic heterocycles. The summed E-state index contributed by atoms with van der Waals surface area (Å²) in [5.41, 5.74) is 2.44. The van der Waals surface area contributed by atoms with Crippen molar-refractivity contribution in [2.75, 3.05) is 31.6 Å². The molecule has 33 heavy (non-hydrogen) atoms. The van der Waals surface area contributed by atoms with Gasteiger partial charge in [-0.25, -0.2) is 0 Å². The zero-order valence-electron chi connectivity index (χ0n) is 19.7. The summed E-state index contributed by atoms with van der Waals surface area (Å²) in [6.45, 7) is 6.89. The molecule has 2 aromatic rings. The molecule has 1 saturated heterocycles. The second-order valence-electron chi connectivity index (χ2n) is 9.12. The van der Waals surface area contributed by atoms with Gasteiger partial charge in [0.25, 0.3) is 0 Å². The van der Waals surface area contributed by atoms with E-state index in [1.807, 2.05) is 47.6 Å². The molecule has 0 aliphatic carbocycles. The van der Waals surface area contributed by atoms with Crippen LogP contribution in [0.15, 0.2) is 42.7 Å². The summed E-state index contributed by atoms with van der Waals surface area (Å²) in [5.74, 6) is 0.727. The van der Waals surface area contributed by atoms with Crippen LogP contribution in [0.5, 0.6) is 5.75 Å². The fourth-order valence-corrected chi connectivity index (χ4v) is 5.05. The smallest absolute Gasteiger partial charge is 0.245 e. The number of hydrogen-bond donors (Lipinski definition) is 1. The van der Waals surface area contributed by atoms with Gasteiger partial charge in [0, 0.05) is 32.4 Å². The Morgan fingerprint density at radius 3 is 2.76 bits per heavy atom. The van der Waals surface area contributed by atoms with Gasteiger partial charge in [-0.05, 0) is 74.9 Å². The van der Waals surface area contributed by atoms with Crippen molar-refractivity contribution in [1.29, 1.82) is 0 Å². The molecule has 1 N–H and O–H groups in total. The average molecular weight is 451 g/mol. The topological polar surface area (TPSA) is 74.8 Å². The van der Waals surface area contributed by atoms with E-state index in [1.54, 1.807) is 6.92 Å². The van der Waals surface area contributed by atoms with Gasteiger partial charge >= 0.3 is 0 Å². The highest BCUT2D eigenvalue weighted by molar-refractivity contribution is 5.99. The number of rotatable bonds is 2. The van der Waals surface area contributed by atoms with Gasteiger partial charge in [-0.1, -0.05) is 12.1 Å². The molecular weight excluding hydrogens is 416 g/mol. The average Bonchev–Trinajstić information content (AvgIpc) is 3.21. The highest BCUT2D eigenvalue weighted by atomic mass is 16.5. The van der Waals surface area contributed by atoms with Crippen LogP contribution in [0.3, 0.4) is 0 Å². The first-order valence-corrected chi connectivity index (χ1v) is 11.9. The van der Waals surface area contributed by atoms with Crippen LogP contribution in [0.4, 0.5) is 5.69 Å². The van der Waals surface area contributed by atoms with Crippen molar-refractivity contribution in [3.05, 3.63) is 53.9 Å². The first-order chi connectivity index (χ1) is 16.0. The number of benzene rings is 1. The van der Waals surface area contributed by atoms with Crippen LogP contribution in [0, 0.1) is 6.92 Å². The van der Waals surface area contributed by atoms with E-state index < -0.39 is 5.54 Å². The number of para-hydroxylation sites is 2. The lowest BCUT2D eigenvalue weighted by Crippen LogP contribution is -2.53. The lowest BCUT2D eigenvalue weighted by atomic mass is 9.87. The largest absolute Gasteiger partial charge is 0.490 e. The van der Waals surface area contributed by atoms with E-state index in [4.69, 9.17) is 4.74 Å². The maximum atomic E-state index is 13.9. The van der Waals surface area contributed by atoms with Crippen molar-refractivity contribution in [3.63, 3.8) is 0 Å². The number of aryl methyl sites for hydroxylation is 1. The lowest BCUT2D eigenvalue weighted by Gasteiger charge is -2.38. The third kappa shape index (κ3) is 5.19.